The summed E-state index contributed by atoms with van der Waals surface area (Å²) in [7, 11) is 0. The van der Waals surface area contributed by atoms with E-state index < -0.39 is 0 Å². The van der Waals surface area contributed by atoms with Crippen molar-refractivity contribution in [3.8, 4) is 6.07 Å². The third-order valence-corrected chi connectivity index (χ3v) is 3.34. The summed E-state index contributed by atoms with van der Waals surface area (Å²) >= 11 is 0. The highest BCUT2D eigenvalue weighted by atomic mass is 16.3. The lowest BCUT2D eigenvalue weighted by Crippen LogP contribution is -2.43. The number of rotatable bonds is 4. The lowest BCUT2D eigenvalue weighted by Gasteiger charge is -2.25. The van der Waals surface area contributed by atoms with Gasteiger partial charge in [-0.25, -0.2) is 0 Å². The van der Waals surface area contributed by atoms with Crippen molar-refractivity contribution in [1.29, 1.82) is 5.26 Å². The topological polar surface area (TPSA) is 56.0 Å². The summed E-state index contributed by atoms with van der Waals surface area (Å²) in [6.45, 7) is 2.23. The van der Waals surface area contributed by atoms with Crippen molar-refractivity contribution in [2.45, 2.75) is 57.5 Å². The van der Waals surface area contributed by atoms with Gasteiger partial charge in [0, 0.05) is 12.1 Å². The van der Waals surface area contributed by atoms with E-state index in [4.69, 9.17) is 10.4 Å². The molecular weight excluding hydrogens is 188 g/mol. The van der Waals surface area contributed by atoms with E-state index in [1.165, 1.54) is 19.3 Å². The van der Waals surface area contributed by atoms with Crippen molar-refractivity contribution < 1.29 is 5.11 Å². The van der Waals surface area contributed by atoms with Crippen molar-refractivity contribution in [1.82, 2.24) is 5.32 Å². The molecule has 1 rings (SSSR count). The number of aliphatic hydroxyl groups is 1. The van der Waals surface area contributed by atoms with Gasteiger partial charge < -0.3 is 10.4 Å². The second-order valence-electron chi connectivity index (χ2n) is 4.43. The van der Waals surface area contributed by atoms with Gasteiger partial charge in [-0.3, -0.25) is 0 Å². The third kappa shape index (κ3) is 3.81. The molecule has 0 radical (unpaired) electrons. The molecule has 0 aromatic rings. The second kappa shape index (κ2) is 6.81. The zero-order valence-corrected chi connectivity index (χ0v) is 9.58. The van der Waals surface area contributed by atoms with Crippen LogP contribution < -0.4 is 5.32 Å². The van der Waals surface area contributed by atoms with E-state index in [0.29, 0.717) is 0 Å². The van der Waals surface area contributed by atoms with Crippen molar-refractivity contribution in [3.05, 3.63) is 0 Å². The van der Waals surface area contributed by atoms with Gasteiger partial charge in [0.1, 0.15) is 0 Å². The number of nitrogens with zero attached hydrogens (tertiary/aromatic N) is 1. The monoisotopic (exact) mass is 210 g/mol. The molecule has 0 heterocycles. The molecular formula is C12H22N2O. The Morgan fingerprint density at radius 3 is 2.73 bits per heavy atom. The Morgan fingerprint density at radius 2 is 2.13 bits per heavy atom. The molecule has 3 heteroatoms. The lowest BCUT2D eigenvalue weighted by molar-refractivity contribution is 0.215. The van der Waals surface area contributed by atoms with Gasteiger partial charge in [0.2, 0.25) is 0 Å². The van der Waals surface area contributed by atoms with Crippen LogP contribution in [0.5, 0.6) is 0 Å². The standard InChI is InChI=1S/C12H22N2O/c1-2-11(9-15)14-12-7-5-3-4-6-10(12)8-13/h10-12,14-15H,2-7,9H2,1H3. The molecule has 0 aromatic heterocycles. The Bertz CT molecular complexity index is 208. The normalized spacial score (nSPS) is 29.1. The smallest absolute Gasteiger partial charge is 0.0672 e. The minimum Gasteiger partial charge on any atom is -0.395 e. The maximum Gasteiger partial charge on any atom is 0.0672 e. The number of nitrogens with one attached hydrogen (secondary N) is 1. The first kappa shape index (κ1) is 12.5. The zero-order chi connectivity index (χ0) is 11.1. The fourth-order valence-corrected chi connectivity index (χ4v) is 2.26. The molecule has 0 spiro atoms. The highest BCUT2D eigenvalue weighted by Crippen LogP contribution is 2.23. The molecule has 1 fully saturated rings. The van der Waals surface area contributed by atoms with Crippen LogP contribution in [0.4, 0.5) is 0 Å². The van der Waals surface area contributed by atoms with E-state index >= 15 is 0 Å². The zero-order valence-electron chi connectivity index (χ0n) is 9.58. The van der Waals surface area contributed by atoms with Crippen LogP contribution in [0, 0.1) is 17.2 Å². The van der Waals surface area contributed by atoms with Crippen LogP contribution in [0.25, 0.3) is 0 Å². The van der Waals surface area contributed by atoms with Gasteiger partial charge in [-0.2, -0.15) is 5.26 Å². The fourth-order valence-electron chi connectivity index (χ4n) is 2.26. The third-order valence-electron chi connectivity index (χ3n) is 3.34. The molecule has 0 aromatic carbocycles. The van der Waals surface area contributed by atoms with Crippen LogP contribution in [0.1, 0.15) is 45.4 Å². The molecule has 2 N–H and O–H groups in total. The Labute approximate surface area is 92.5 Å². The summed E-state index contributed by atoms with van der Waals surface area (Å²) < 4.78 is 0. The number of hydrogen-bond acceptors (Lipinski definition) is 3. The summed E-state index contributed by atoms with van der Waals surface area (Å²) in [6.07, 6.45) is 6.63. The quantitative estimate of drug-likeness (QED) is 0.696. The van der Waals surface area contributed by atoms with E-state index in [-0.39, 0.29) is 24.6 Å². The highest BCUT2D eigenvalue weighted by Gasteiger charge is 2.24. The summed E-state index contributed by atoms with van der Waals surface area (Å²) in [5.41, 5.74) is 0. The maximum atomic E-state index is 9.14. The van der Waals surface area contributed by atoms with Gasteiger partial charge >= 0.3 is 0 Å². The molecule has 86 valence electrons. The van der Waals surface area contributed by atoms with Gasteiger partial charge in [-0.1, -0.05) is 26.2 Å². The predicted molar refractivity (Wildman–Crippen MR) is 60.3 cm³/mol. The van der Waals surface area contributed by atoms with Crippen LogP contribution in [0.3, 0.4) is 0 Å². The number of nitriles is 1. The molecule has 0 aliphatic heterocycles. The van der Waals surface area contributed by atoms with Gasteiger partial charge in [0.05, 0.1) is 18.6 Å². The average molecular weight is 210 g/mol. The molecule has 0 bridgehead atoms. The Balaban J connectivity index is 2.51. The first-order valence-electron chi connectivity index (χ1n) is 6.08. The summed E-state index contributed by atoms with van der Waals surface area (Å²) in [5, 5.41) is 21.7. The van der Waals surface area contributed by atoms with Crippen LogP contribution in [-0.4, -0.2) is 23.8 Å². The largest absolute Gasteiger partial charge is 0.395 e. The van der Waals surface area contributed by atoms with Crippen molar-refractivity contribution in [3.63, 3.8) is 0 Å². The van der Waals surface area contributed by atoms with Gasteiger partial charge in [0.25, 0.3) is 0 Å². The molecule has 15 heavy (non-hydrogen) atoms. The molecule has 3 atom stereocenters. The van der Waals surface area contributed by atoms with Gasteiger partial charge in [0.15, 0.2) is 0 Å². The van der Waals surface area contributed by atoms with E-state index in [1.807, 2.05) is 0 Å². The Hall–Kier alpha value is -0.590. The molecule has 3 nitrogen and oxygen atoms in total. The van der Waals surface area contributed by atoms with Crippen molar-refractivity contribution in [2.24, 2.45) is 5.92 Å². The highest BCUT2D eigenvalue weighted by molar-refractivity contribution is 4.94. The SMILES string of the molecule is CCC(CO)NC1CCCCCC1C#N. The summed E-state index contributed by atoms with van der Waals surface area (Å²) in [6, 6.07) is 2.85. The molecule has 0 amide bonds. The molecule has 3 unspecified atom stereocenters. The van der Waals surface area contributed by atoms with Crippen molar-refractivity contribution >= 4 is 0 Å². The fraction of sp³-hybridized carbons (Fsp3) is 0.917. The van der Waals surface area contributed by atoms with Crippen molar-refractivity contribution in [2.75, 3.05) is 6.61 Å². The first-order valence-corrected chi connectivity index (χ1v) is 6.08. The Morgan fingerprint density at radius 1 is 1.40 bits per heavy atom. The maximum absolute atomic E-state index is 9.14. The van der Waals surface area contributed by atoms with E-state index in [2.05, 4.69) is 18.3 Å². The van der Waals surface area contributed by atoms with E-state index in [9.17, 15) is 0 Å². The van der Waals surface area contributed by atoms with Gasteiger partial charge in [-0.15, -0.1) is 0 Å². The molecule has 1 saturated carbocycles. The first-order chi connectivity index (χ1) is 7.31. The molecule has 1 aliphatic rings. The second-order valence-corrected chi connectivity index (χ2v) is 4.43. The van der Waals surface area contributed by atoms with E-state index in [0.717, 1.165) is 19.3 Å². The number of aliphatic hydroxyl groups excluding tert-OH is 1. The average Bonchev–Trinajstić information content (AvgIpc) is 2.50. The predicted octanol–water partition coefficient (Wildman–Crippen LogP) is 1.82. The van der Waals surface area contributed by atoms with Gasteiger partial charge in [-0.05, 0) is 19.3 Å². The Kier molecular flexibility index (Phi) is 5.67. The van der Waals surface area contributed by atoms with E-state index in [1.54, 1.807) is 0 Å². The number of hydrogen-bond donors (Lipinski definition) is 2. The lowest BCUT2D eigenvalue weighted by atomic mass is 9.95. The van der Waals surface area contributed by atoms with Crippen LogP contribution >= 0.6 is 0 Å². The minimum absolute atomic E-state index is 0.132. The van der Waals surface area contributed by atoms with Crippen LogP contribution in [-0.2, 0) is 0 Å². The summed E-state index contributed by atoms with van der Waals surface area (Å²) in [5.74, 6) is 0.132. The molecule has 0 saturated heterocycles. The van der Waals surface area contributed by atoms with Crippen LogP contribution in [0.15, 0.2) is 0 Å². The summed E-state index contributed by atoms with van der Waals surface area (Å²) in [4.78, 5) is 0. The molecule has 1 aliphatic carbocycles. The van der Waals surface area contributed by atoms with Crippen LogP contribution in [0.2, 0.25) is 0 Å². The minimum atomic E-state index is 0.132.